The lowest BCUT2D eigenvalue weighted by molar-refractivity contribution is -0.0890. The first-order chi connectivity index (χ1) is 14.9. The number of hydrogen-bond acceptors (Lipinski definition) is 5. The van der Waals surface area contributed by atoms with E-state index >= 15 is 4.39 Å². The van der Waals surface area contributed by atoms with Crippen LogP contribution in [-0.4, -0.2) is 50.2 Å². The molecule has 0 aliphatic carbocycles. The van der Waals surface area contributed by atoms with Gasteiger partial charge in [-0.05, 0) is 51.0 Å². The number of amides is 2. The fourth-order valence-corrected chi connectivity index (χ4v) is 5.47. The van der Waals surface area contributed by atoms with Gasteiger partial charge in [0.05, 0.1) is 28.9 Å². The van der Waals surface area contributed by atoms with E-state index in [1.807, 2.05) is 0 Å². The smallest absolute Gasteiger partial charge is 0.412 e. The maximum atomic E-state index is 15.4. The molecule has 0 radical (unpaired) electrons. The lowest BCUT2D eigenvalue weighted by Gasteiger charge is -2.50. The molecule has 7 nitrogen and oxygen atoms in total. The predicted octanol–water partition coefficient (Wildman–Crippen LogP) is 6.27. The number of anilines is 1. The Balaban J connectivity index is 2.08. The van der Waals surface area contributed by atoms with Gasteiger partial charge in [0.2, 0.25) is 0 Å². The number of likely N-dealkylation sites (tertiary alicyclic amines) is 1. The third kappa shape index (κ3) is 5.30. The molecule has 2 aliphatic rings. The number of hydrogen-bond donors (Lipinski definition) is 1. The molecular weight excluding hydrogens is 467 g/mol. The van der Waals surface area contributed by atoms with Gasteiger partial charge >= 0.3 is 12.2 Å². The third-order valence-electron chi connectivity index (χ3n) is 6.42. The zero-order chi connectivity index (χ0) is 25.0. The Kier molecular flexibility index (Phi) is 6.58. The van der Waals surface area contributed by atoms with E-state index in [0.29, 0.717) is 0 Å². The molecule has 2 heterocycles. The molecule has 1 spiro atoms. The monoisotopic (exact) mass is 500 g/mol. The zero-order valence-corrected chi connectivity index (χ0v) is 22.4. The Morgan fingerprint density at radius 2 is 1.91 bits per heavy atom. The van der Waals surface area contributed by atoms with Crippen LogP contribution in [-0.2, 0) is 19.5 Å². The SMILES string of the molecule is CC(C)(C)OC(=O)N1C[C@H](O[Si](C)(C)C(C)(C)C)C[C@@]2(C1)OC(=O)Nc1ccc(Cl)c(F)c12. The summed E-state index contributed by atoms with van der Waals surface area (Å²) in [6.07, 6.45) is -1.61. The summed E-state index contributed by atoms with van der Waals surface area (Å²) in [4.78, 5) is 27.0. The molecule has 0 saturated carbocycles. The molecule has 1 aromatic carbocycles. The number of carbonyl (C=O) groups is 2. The van der Waals surface area contributed by atoms with Gasteiger partial charge in [-0.15, -0.1) is 0 Å². The summed E-state index contributed by atoms with van der Waals surface area (Å²) in [5.41, 5.74) is -1.80. The molecule has 1 saturated heterocycles. The highest BCUT2D eigenvalue weighted by atomic mass is 35.5. The first kappa shape index (κ1) is 25.8. The van der Waals surface area contributed by atoms with Crippen LogP contribution in [0.5, 0.6) is 0 Å². The highest BCUT2D eigenvalue weighted by Gasteiger charge is 2.53. The van der Waals surface area contributed by atoms with Gasteiger partial charge in [0.25, 0.3) is 0 Å². The van der Waals surface area contributed by atoms with Crippen molar-refractivity contribution in [3.8, 4) is 0 Å². The molecule has 33 heavy (non-hydrogen) atoms. The van der Waals surface area contributed by atoms with Crippen LogP contribution in [0.2, 0.25) is 23.2 Å². The fourth-order valence-electron chi connectivity index (χ4n) is 3.97. The van der Waals surface area contributed by atoms with Gasteiger partial charge in [-0.3, -0.25) is 5.32 Å². The van der Waals surface area contributed by atoms with E-state index < -0.39 is 43.6 Å². The number of carbonyl (C=O) groups excluding carboxylic acids is 2. The van der Waals surface area contributed by atoms with Crippen molar-refractivity contribution in [2.24, 2.45) is 0 Å². The van der Waals surface area contributed by atoms with Gasteiger partial charge in [0.15, 0.2) is 19.7 Å². The number of rotatable bonds is 2. The molecule has 184 valence electrons. The van der Waals surface area contributed by atoms with E-state index in [9.17, 15) is 9.59 Å². The highest BCUT2D eigenvalue weighted by Crippen LogP contribution is 2.47. The second kappa shape index (κ2) is 8.43. The predicted molar refractivity (Wildman–Crippen MR) is 128 cm³/mol. The minimum Gasteiger partial charge on any atom is -0.444 e. The van der Waals surface area contributed by atoms with Crippen molar-refractivity contribution < 1.29 is 27.9 Å². The van der Waals surface area contributed by atoms with Crippen LogP contribution in [0.3, 0.4) is 0 Å². The van der Waals surface area contributed by atoms with Crippen LogP contribution in [0, 0.1) is 5.82 Å². The van der Waals surface area contributed by atoms with Crippen molar-refractivity contribution in [2.45, 2.75) is 83.4 Å². The quantitative estimate of drug-likeness (QED) is 0.484. The number of nitrogens with one attached hydrogen (secondary N) is 1. The second-order valence-corrected chi connectivity index (χ2v) is 16.5. The first-order valence-corrected chi connectivity index (χ1v) is 14.4. The number of fused-ring (bicyclic) bond motifs is 2. The molecule has 10 heteroatoms. The maximum Gasteiger partial charge on any atom is 0.412 e. The van der Waals surface area contributed by atoms with Crippen molar-refractivity contribution in [1.29, 1.82) is 0 Å². The Hall–Kier alpha value is -1.84. The molecule has 0 unspecified atom stereocenters. The summed E-state index contributed by atoms with van der Waals surface area (Å²) in [6.45, 7) is 16.0. The lowest BCUT2D eigenvalue weighted by Crippen LogP contribution is -2.60. The number of ether oxygens (including phenoxy) is 2. The van der Waals surface area contributed by atoms with Gasteiger partial charge in [0.1, 0.15) is 5.60 Å². The summed E-state index contributed by atoms with van der Waals surface area (Å²) < 4.78 is 33.3. The molecule has 1 aromatic rings. The van der Waals surface area contributed by atoms with Gasteiger partial charge in [-0.2, -0.15) is 0 Å². The van der Waals surface area contributed by atoms with Crippen molar-refractivity contribution in [3.05, 3.63) is 28.5 Å². The van der Waals surface area contributed by atoms with E-state index in [1.165, 1.54) is 11.0 Å². The van der Waals surface area contributed by atoms with Crippen LogP contribution < -0.4 is 5.32 Å². The fraction of sp³-hybridized carbons (Fsp3) is 0.652. The second-order valence-electron chi connectivity index (χ2n) is 11.4. The van der Waals surface area contributed by atoms with Crippen LogP contribution in [0.25, 0.3) is 0 Å². The van der Waals surface area contributed by atoms with E-state index in [4.69, 9.17) is 25.5 Å². The molecule has 0 bridgehead atoms. The van der Waals surface area contributed by atoms with Crippen LogP contribution >= 0.6 is 11.6 Å². The lowest BCUT2D eigenvalue weighted by atomic mass is 9.82. The van der Waals surface area contributed by atoms with Crippen molar-refractivity contribution in [3.63, 3.8) is 0 Å². The Morgan fingerprint density at radius 1 is 1.27 bits per heavy atom. The molecule has 2 aliphatic heterocycles. The zero-order valence-electron chi connectivity index (χ0n) is 20.6. The Bertz CT molecular complexity index is 959. The van der Waals surface area contributed by atoms with E-state index in [0.717, 1.165) is 0 Å². The standard InChI is InChI=1S/C23H34ClFN2O5Si/c1-21(2,3)31-20(29)27-12-14(32-33(7,8)22(4,5)6)11-23(13-27)17-16(26-19(28)30-23)10-9-15(24)18(17)25/h9-10,14H,11-13H2,1-8H3,(H,26,28)/t14-,23+/m1/s1. The molecule has 3 rings (SSSR count). The number of halogens is 2. The largest absolute Gasteiger partial charge is 0.444 e. The average molecular weight is 501 g/mol. The minimum absolute atomic E-state index is 0.0725. The van der Waals surface area contributed by atoms with Crippen LogP contribution in [0.1, 0.15) is 53.5 Å². The summed E-state index contributed by atoms with van der Waals surface area (Å²) in [6, 6.07) is 2.92. The van der Waals surface area contributed by atoms with Crippen molar-refractivity contribution in [2.75, 3.05) is 18.4 Å². The topological polar surface area (TPSA) is 77.1 Å². The van der Waals surface area contributed by atoms with Gasteiger partial charge in [-0.25, -0.2) is 14.0 Å². The van der Waals surface area contributed by atoms with Gasteiger partial charge in [-0.1, -0.05) is 32.4 Å². The van der Waals surface area contributed by atoms with E-state index in [2.05, 4.69) is 39.2 Å². The van der Waals surface area contributed by atoms with Crippen molar-refractivity contribution >= 4 is 37.8 Å². The van der Waals surface area contributed by atoms with Gasteiger partial charge in [0, 0.05) is 13.0 Å². The molecule has 0 aromatic heterocycles. The van der Waals surface area contributed by atoms with E-state index in [-0.39, 0.29) is 40.8 Å². The summed E-state index contributed by atoms with van der Waals surface area (Å²) in [7, 11) is -2.27. The Labute approximate surface area is 201 Å². The van der Waals surface area contributed by atoms with Crippen LogP contribution in [0.15, 0.2) is 12.1 Å². The highest BCUT2D eigenvalue weighted by molar-refractivity contribution is 6.74. The number of benzene rings is 1. The normalized spacial score (nSPS) is 23.6. The van der Waals surface area contributed by atoms with E-state index in [1.54, 1.807) is 26.8 Å². The first-order valence-electron chi connectivity index (χ1n) is 11.1. The number of piperidine rings is 1. The summed E-state index contributed by atoms with van der Waals surface area (Å²) in [5, 5.41) is 2.36. The molecule has 1 N–H and O–H groups in total. The minimum atomic E-state index is -2.27. The molecule has 1 fully saturated rings. The number of nitrogens with zero attached hydrogens (tertiary/aromatic N) is 1. The third-order valence-corrected chi connectivity index (χ3v) is 11.2. The van der Waals surface area contributed by atoms with Crippen molar-refractivity contribution in [1.82, 2.24) is 4.90 Å². The van der Waals surface area contributed by atoms with Crippen LogP contribution in [0.4, 0.5) is 19.7 Å². The summed E-state index contributed by atoms with van der Waals surface area (Å²) in [5.74, 6) is -0.689. The molecule has 2 atom stereocenters. The maximum absolute atomic E-state index is 15.4. The molecule has 2 amide bonds. The average Bonchev–Trinajstić information content (AvgIpc) is 2.61. The Morgan fingerprint density at radius 3 is 2.48 bits per heavy atom. The summed E-state index contributed by atoms with van der Waals surface area (Å²) >= 11 is 6.10. The van der Waals surface area contributed by atoms with Gasteiger partial charge < -0.3 is 18.8 Å². The molecular formula is C23H34ClFN2O5Si.